The zero-order valence-electron chi connectivity index (χ0n) is 24.2. The average molecular weight is 497 g/mol. The first-order valence-corrected chi connectivity index (χ1v) is 12.5. The van der Waals surface area contributed by atoms with Crippen LogP contribution < -0.4 is 18.9 Å². The highest BCUT2D eigenvalue weighted by atomic mass is 16.5. The summed E-state index contributed by atoms with van der Waals surface area (Å²) in [5.74, 6) is 2.15. The number of carbonyl (C=O) groups excluding carboxylic acids is 1. The number of para-hydroxylation sites is 1. The van der Waals surface area contributed by atoms with Crippen molar-refractivity contribution in [1.82, 2.24) is 0 Å². The second-order valence-electron chi connectivity index (χ2n) is 12.9. The highest BCUT2D eigenvalue weighted by Crippen LogP contribution is 2.37. The minimum absolute atomic E-state index is 0.197. The molecule has 0 radical (unpaired) electrons. The van der Waals surface area contributed by atoms with Gasteiger partial charge in [0.05, 0.1) is 5.56 Å². The number of rotatable bonds is 7. The molecule has 0 saturated heterocycles. The van der Waals surface area contributed by atoms with Gasteiger partial charge >= 0.3 is 0 Å². The van der Waals surface area contributed by atoms with Crippen molar-refractivity contribution >= 4 is 11.9 Å². The molecule has 0 N–H and O–H groups in total. The van der Waals surface area contributed by atoms with Crippen LogP contribution in [0.5, 0.6) is 23.0 Å². The third-order valence-corrected chi connectivity index (χ3v) is 4.30. The van der Waals surface area contributed by atoms with Gasteiger partial charge in [-0.05, 0) is 126 Å². The predicted octanol–water partition coefficient (Wildman–Crippen LogP) is 8.29. The van der Waals surface area contributed by atoms with E-state index in [1.165, 1.54) is 6.08 Å². The second-order valence-corrected chi connectivity index (χ2v) is 12.9. The SMILES string of the molecule is CC(C)(C)Oc1ccc(OC(C)(C)C)c(C=CC(=O)c2cccc(OC(C)(C)C)c2OC(C)(C)C)c1. The van der Waals surface area contributed by atoms with E-state index in [0.29, 0.717) is 28.6 Å². The Hall–Kier alpha value is -2.95. The van der Waals surface area contributed by atoms with Gasteiger partial charge in [-0.25, -0.2) is 0 Å². The van der Waals surface area contributed by atoms with Gasteiger partial charge in [-0.2, -0.15) is 0 Å². The monoisotopic (exact) mass is 496 g/mol. The summed E-state index contributed by atoms with van der Waals surface area (Å²) < 4.78 is 24.6. The molecule has 0 fully saturated rings. The molecule has 2 aromatic carbocycles. The maximum atomic E-state index is 13.5. The molecule has 0 aliphatic carbocycles. The summed E-state index contributed by atoms with van der Waals surface area (Å²) in [5.41, 5.74) is -0.520. The van der Waals surface area contributed by atoms with Gasteiger partial charge in [0.25, 0.3) is 0 Å². The lowest BCUT2D eigenvalue weighted by molar-refractivity contribution is 0.0910. The van der Waals surface area contributed by atoms with Crippen molar-refractivity contribution in [2.24, 2.45) is 0 Å². The standard InChI is InChI=1S/C31H44O5/c1-28(2,3)33-22-17-19-25(34-29(4,5)6)21(20-22)16-18-24(32)23-14-13-15-26(35-30(7,8)9)27(23)36-31(10,11)12/h13-20H,1-12H3. The number of carbonyl (C=O) groups is 1. The Morgan fingerprint density at radius 2 is 1.17 bits per heavy atom. The number of allylic oxidation sites excluding steroid dienone is 1. The second kappa shape index (κ2) is 10.6. The first-order chi connectivity index (χ1) is 16.2. The first kappa shape index (κ1) is 29.3. The largest absolute Gasteiger partial charge is 0.488 e. The molecule has 0 heterocycles. The van der Waals surface area contributed by atoms with Crippen LogP contribution in [0.15, 0.2) is 42.5 Å². The van der Waals surface area contributed by atoms with Crippen molar-refractivity contribution in [2.75, 3.05) is 0 Å². The Bertz CT molecular complexity index is 1080. The van der Waals surface area contributed by atoms with Gasteiger partial charge in [-0.1, -0.05) is 6.07 Å². The average Bonchev–Trinajstić information content (AvgIpc) is 2.64. The maximum absolute atomic E-state index is 13.5. The van der Waals surface area contributed by atoms with Crippen molar-refractivity contribution < 1.29 is 23.7 Å². The number of ketones is 1. The fourth-order valence-corrected chi connectivity index (χ4v) is 3.28. The van der Waals surface area contributed by atoms with E-state index in [-0.39, 0.29) is 11.4 Å². The minimum atomic E-state index is -0.511. The van der Waals surface area contributed by atoms with Crippen LogP contribution in [-0.2, 0) is 0 Å². The third kappa shape index (κ3) is 9.96. The Labute approximate surface area is 217 Å². The smallest absolute Gasteiger partial charge is 0.189 e. The lowest BCUT2D eigenvalue weighted by Crippen LogP contribution is -2.27. The predicted molar refractivity (Wildman–Crippen MR) is 148 cm³/mol. The molecule has 0 aromatic heterocycles. The molecular weight excluding hydrogens is 452 g/mol. The molecule has 0 amide bonds. The highest BCUT2D eigenvalue weighted by Gasteiger charge is 2.24. The van der Waals surface area contributed by atoms with Gasteiger partial charge in [0, 0.05) is 5.56 Å². The van der Waals surface area contributed by atoms with Crippen molar-refractivity contribution in [3.63, 3.8) is 0 Å². The Kier molecular flexibility index (Phi) is 8.60. The maximum Gasteiger partial charge on any atom is 0.189 e. The molecule has 0 spiro atoms. The van der Waals surface area contributed by atoms with E-state index in [4.69, 9.17) is 18.9 Å². The third-order valence-electron chi connectivity index (χ3n) is 4.30. The van der Waals surface area contributed by atoms with Crippen LogP contribution in [0.1, 0.15) is 99.0 Å². The number of benzene rings is 2. The van der Waals surface area contributed by atoms with E-state index in [9.17, 15) is 4.79 Å². The number of hydrogen-bond acceptors (Lipinski definition) is 5. The molecule has 2 aromatic rings. The van der Waals surface area contributed by atoms with Gasteiger partial charge in [0.1, 0.15) is 33.9 Å². The van der Waals surface area contributed by atoms with E-state index in [0.717, 1.165) is 5.56 Å². The Morgan fingerprint density at radius 3 is 1.69 bits per heavy atom. The lowest BCUT2D eigenvalue weighted by atomic mass is 10.0. The summed E-state index contributed by atoms with van der Waals surface area (Å²) in [5, 5.41) is 0. The van der Waals surface area contributed by atoms with Crippen molar-refractivity contribution in [3.05, 3.63) is 53.6 Å². The van der Waals surface area contributed by atoms with Gasteiger partial charge in [0.15, 0.2) is 17.3 Å². The van der Waals surface area contributed by atoms with Gasteiger partial charge in [0.2, 0.25) is 0 Å². The molecule has 0 unspecified atom stereocenters. The van der Waals surface area contributed by atoms with Crippen LogP contribution in [0, 0.1) is 0 Å². The quantitative estimate of drug-likeness (QED) is 0.285. The fourth-order valence-electron chi connectivity index (χ4n) is 3.28. The van der Waals surface area contributed by atoms with Crippen molar-refractivity contribution in [1.29, 1.82) is 0 Å². The van der Waals surface area contributed by atoms with Gasteiger partial charge < -0.3 is 18.9 Å². The fraction of sp³-hybridized carbons (Fsp3) is 0.516. The summed E-state index contributed by atoms with van der Waals surface area (Å²) in [6, 6.07) is 11.0. The van der Waals surface area contributed by atoms with E-state index in [2.05, 4.69) is 0 Å². The van der Waals surface area contributed by atoms with E-state index < -0.39 is 16.8 Å². The van der Waals surface area contributed by atoms with E-state index in [1.54, 1.807) is 12.1 Å². The molecular formula is C31H44O5. The molecule has 36 heavy (non-hydrogen) atoms. The summed E-state index contributed by atoms with van der Waals surface area (Å²) in [6.45, 7) is 23.7. The molecule has 198 valence electrons. The normalized spacial score (nSPS) is 13.0. The summed E-state index contributed by atoms with van der Waals surface area (Å²) in [7, 11) is 0. The Balaban J connectivity index is 2.52. The molecule has 0 atom stereocenters. The topological polar surface area (TPSA) is 54.0 Å². The summed E-state index contributed by atoms with van der Waals surface area (Å²) in [4.78, 5) is 13.5. The number of hydrogen-bond donors (Lipinski definition) is 0. The highest BCUT2D eigenvalue weighted by molar-refractivity contribution is 6.09. The van der Waals surface area contributed by atoms with Crippen molar-refractivity contribution in [2.45, 2.75) is 105 Å². The van der Waals surface area contributed by atoms with Gasteiger partial charge in [-0.15, -0.1) is 0 Å². The van der Waals surface area contributed by atoms with E-state index >= 15 is 0 Å². The first-order valence-electron chi connectivity index (χ1n) is 12.5. The van der Waals surface area contributed by atoms with Crippen LogP contribution in [0.25, 0.3) is 6.08 Å². The molecule has 5 heteroatoms. The minimum Gasteiger partial charge on any atom is -0.488 e. The Morgan fingerprint density at radius 1 is 0.639 bits per heavy atom. The molecule has 2 rings (SSSR count). The summed E-state index contributed by atoms with van der Waals surface area (Å²) in [6.07, 6.45) is 3.30. The van der Waals surface area contributed by atoms with Crippen LogP contribution >= 0.6 is 0 Å². The molecule has 0 bridgehead atoms. The van der Waals surface area contributed by atoms with E-state index in [1.807, 2.05) is 113 Å². The summed E-state index contributed by atoms with van der Waals surface area (Å²) >= 11 is 0. The zero-order chi connectivity index (χ0) is 27.5. The molecule has 5 nitrogen and oxygen atoms in total. The lowest BCUT2D eigenvalue weighted by Gasteiger charge is -2.28. The molecule has 0 aliphatic rings. The molecule has 0 aliphatic heterocycles. The van der Waals surface area contributed by atoms with Crippen LogP contribution in [0.4, 0.5) is 0 Å². The van der Waals surface area contributed by atoms with Gasteiger partial charge in [-0.3, -0.25) is 4.79 Å². The van der Waals surface area contributed by atoms with Crippen LogP contribution in [0.3, 0.4) is 0 Å². The zero-order valence-corrected chi connectivity index (χ0v) is 24.2. The van der Waals surface area contributed by atoms with Crippen LogP contribution in [-0.4, -0.2) is 28.2 Å². The number of ether oxygens (including phenoxy) is 4. The van der Waals surface area contributed by atoms with Crippen LogP contribution in [0.2, 0.25) is 0 Å². The molecule has 0 saturated carbocycles. The van der Waals surface area contributed by atoms with Crippen molar-refractivity contribution in [3.8, 4) is 23.0 Å².